The molecular weight excluding hydrogens is 255 g/mol. The summed E-state index contributed by atoms with van der Waals surface area (Å²) in [5.41, 5.74) is 5.45. The monoisotopic (exact) mass is 275 g/mol. The molecule has 1 unspecified atom stereocenters. The Bertz CT molecular complexity index is 414. The fourth-order valence-corrected chi connectivity index (χ4v) is 1.68. The first-order valence-electron chi connectivity index (χ1n) is 6.28. The molecule has 0 aliphatic heterocycles. The number of ether oxygens (including phenoxy) is 1. The number of halogens is 3. The summed E-state index contributed by atoms with van der Waals surface area (Å²) in [6.07, 6.45) is -4.01. The summed E-state index contributed by atoms with van der Waals surface area (Å²) in [4.78, 5) is 0. The molecule has 5 heteroatoms. The van der Waals surface area contributed by atoms with E-state index in [2.05, 4.69) is 0 Å². The van der Waals surface area contributed by atoms with Crippen LogP contribution in [0.2, 0.25) is 0 Å². The lowest BCUT2D eigenvalue weighted by Crippen LogP contribution is -2.18. The third kappa shape index (κ3) is 5.11. The Hall–Kier alpha value is -1.23. The summed E-state index contributed by atoms with van der Waals surface area (Å²) in [5, 5.41) is 0. The Morgan fingerprint density at radius 2 is 1.84 bits per heavy atom. The molecule has 0 saturated heterocycles. The zero-order valence-corrected chi connectivity index (χ0v) is 11.4. The number of rotatable bonds is 5. The van der Waals surface area contributed by atoms with E-state index in [9.17, 15) is 13.2 Å². The molecule has 2 nitrogen and oxygen atoms in total. The highest BCUT2D eigenvalue weighted by molar-refractivity contribution is 5.39. The lowest BCUT2D eigenvalue weighted by Gasteiger charge is -2.17. The van der Waals surface area contributed by atoms with Crippen molar-refractivity contribution in [2.75, 3.05) is 6.61 Å². The molecule has 1 aromatic carbocycles. The fraction of sp³-hybridized carbons (Fsp3) is 0.571. The van der Waals surface area contributed by atoms with Crippen molar-refractivity contribution < 1.29 is 17.9 Å². The van der Waals surface area contributed by atoms with E-state index in [0.29, 0.717) is 12.0 Å². The van der Waals surface area contributed by atoms with Crippen LogP contribution < -0.4 is 10.5 Å². The molecule has 1 rings (SSSR count). The van der Waals surface area contributed by atoms with E-state index in [4.69, 9.17) is 10.5 Å². The van der Waals surface area contributed by atoms with Gasteiger partial charge in [-0.15, -0.1) is 0 Å². The van der Waals surface area contributed by atoms with Crippen LogP contribution >= 0.6 is 0 Å². The summed E-state index contributed by atoms with van der Waals surface area (Å²) in [6.45, 7) is 5.79. The van der Waals surface area contributed by atoms with E-state index in [1.54, 1.807) is 13.0 Å². The first-order chi connectivity index (χ1) is 8.70. The van der Waals surface area contributed by atoms with Gasteiger partial charge in [-0.3, -0.25) is 0 Å². The maximum atomic E-state index is 13.0. The molecule has 2 N–H and O–H groups in total. The van der Waals surface area contributed by atoms with Gasteiger partial charge in [0.2, 0.25) is 0 Å². The molecule has 1 aromatic rings. The third-order valence-corrected chi connectivity index (χ3v) is 2.48. The van der Waals surface area contributed by atoms with Gasteiger partial charge in [-0.05, 0) is 37.0 Å². The highest BCUT2D eigenvalue weighted by atomic mass is 19.4. The van der Waals surface area contributed by atoms with Crippen molar-refractivity contribution in [2.24, 2.45) is 11.7 Å². The highest BCUT2D eigenvalue weighted by Crippen LogP contribution is 2.37. The minimum absolute atomic E-state index is 0.116. The molecule has 0 spiro atoms. The molecule has 0 amide bonds. The van der Waals surface area contributed by atoms with Crippen LogP contribution in [0.4, 0.5) is 13.2 Å². The quantitative estimate of drug-likeness (QED) is 0.890. The Morgan fingerprint density at radius 3 is 2.32 bits per heavy atom. The summed E-state index contributed by atoms with van der Waals surface area (Å²) < 4.78 is 44.2. The van der Waals surface area contributed by atoms with E-state index in [1.807, 2.05) is 13.8 Å². The van der Waals surface area contributed by atoms with Crippen molar-refractivity contribution in [3.05, 3.63) is 29.3 Å². The van der Waals surface area contributed by atoms with Crippen molar-refractivity contribution in [3.63, 3.8) is 0 Å². The number of nitrogens with two attached hydrogens (primary N) is 1. The standard InChI is InChI=1S/C14H20F3NO/c1-9(2)8-19-13-5-4-11(6-10(3)18)7-12(13)14(15,16)17/h4-5,7,9-10H,6,8,18H2,1-3H3. The highest BCUT2D eigenvalue weighted by Gasteiger charge is 2.34. The molecule has 0 aromatic heterocycles. The van der Waals surface area contributed by atoms with Gasteiger partial charge in [0.05, 0.1) is 12.2 Å². The zero-order valence-electron chi connectivity index (χ0n) is 11.4. The predicted molar refractivity (Wildman–Crippen MR) is 69.1 cm³/mol. The first kappa shape index (κ1) is 15.8. The molecule has 19 heavy (non-hydrogen) atoms. The van der Waals surface area contributed by atoms with Crippen LogP contribution in [0.1, 0.15) is 31.9 Å². The lowest BCUT2D eigenvalue weighted by atomic mass is 10.0. The zero-order chi connectivity index (χ0) is 14.6. The summed E-state index contributed by atoms with van der Waals surface area (Å²) >= 11 is 0. The molecular formula is C14H20F3NO. The van der Waals surface area contributed by atoms with E-state index in [-0.39, 0.29) is 24.3 Å². The molecule has 1 atom stereocenters. The van der Waals surface area contributed by atoms with Gasteiger partial charge >= 0.3 is 6.18 Å². The van der Waals surface area contributed by atoms with Gasteiger partial charge in [0.15, 0.2) is 0 Å². The molecule has 108 valence electrons. The second-order valence-electron chi connectivity index (χ2n) is 5.21. The second kappa shape index (κ2) is 6.28. The topological polar surface area (TPSA) is 35.2 Å². The second-order valence-corrected chi connectivity index (χ2v) is 5.21. The van der Waals surface area contributed by atoms with E-state index >= 15 is 0 Å². The Morgan fingerprint density at radius 1 is 1.21 bits per heavy atom. The van der Waals surface area contributed by atoms with Gasteiger partial charge in [0.1, 0.15) is 5.75 Å². The minimum atomic E-state index is -4.42. The van der Waals surface area contributed by atoms with Crippen LogP contribution in [0.3, 0.4) is 0 Å². The molecule has 0 heterocycles. The van der Waals surface area contributed by atoms with Gasteiger partial charge in [-0.25, -0.2) is 0 Å². The van der Waals surface area contributed by atoms with Gasteiger partial charge in [0.25, 0.3) is 0 Å². The van der Waals surface area contributed by atoms with Crippen LogP contribution in [0.25, 0.3) is 0 Å². The minimum Gasteiger partial charge on any atom is -0.493 e. The van der Waals surface area contributed by atoms with E-state index < -0.39 is 11.7 Å². The molecule has 0 aliphatic rings. The Labute approximate surface area is 111 Å². The van der Waals surface area contributed by atoms with Crippen molar-refractivity contribution >= 4 is 0 Å². The summed E-state index contributed by atoms with van der Waals surface area (Å²) in [5.74, 6) is 0.0550. The third-order valence-electron chi connectivity index (χ3n) is 2.48. The Kier molecular flexibility index (Phi) is 5.23. The lowest BCUT2D eigenvalue weighted by molar-refractivity contribution is -0.139. The molecule has 0 saturated carbocycles. The van der Waals surface area contributed by atoms with Crippen LogP contribution in [0, 0.1) is 5.92 Å². The number of alkyl halides is 3. The van der Waals surface area contributed by atoms with Gasteiger partial charge in [-0.2, -0.15) is 13.2 Å². The summed E-state index contributed by atoms with van der Waals surface area (Å²) in [6, 6.07) is 3.96. The van der Waals surface area contributed by atoms with E-state index in [0.717, 1.165) is 6.07 Å². The SMILES string of the molecule is CC(C)COc1ccc(CC(C)N)cc1C(F)(F)F. The van der Waals surface area contributed by atoms with Gasteiger partial charge in [0, 0.05) is 6.04 Å². The van der Waals surface area contributed by atoms with Crippen LogP contribution in [-0.4, -0.2) is 12.6 Å². The molecule has 0 radical (unpaired) electrons. The molecule has 0 bridgehead atoms. The average molecular weight is 275 g/mol. The maximum Gasteiger partial charge on any atom is 0.419 e. The van der Waals surface area contributed by atoms with Crippen LogP contribution in [0.5, 0.6) is 5.75 Å². The normalized spacial score (nSPS) is 13.7. The Balaban J connectivity index is 3.03. The van der Waals surface area contributed by atoms with Gasteiger partial charge in [-0.1, -0.05) is 19.9 Å². The first-order valence-corrected chi connectivity index (χ1v) is 6.28. The smallest absolute Gasteiger partial charge is 0.419 e. The van der Waals surface area contributed by atoms with E-state index in [1.165, 1.54) is 6.07 Å². The molecule has 0 fully saturated rings. The number of hydrogen-bond donors (Lipinski definition) is 1. The van der Waals surface area contributed by atoms with Crippen molar-refractivity contribution in [2.45, 2.75) is 39.4 Å². The van der Waals surface area contributed by atoms with Crippen molar-refractivity contribution in [3.8, 4) is 5.75 Å². The van der Waals surface area contributed by atoms with Crippen LogP contribution in [0.15, 0.2) is 18.2 Å². The largest absolute Gasteiger partial charge is 0.493 e. The summed E-state index contributed by atoms with van der Waals surface area (Å²) in [7, 11) is 0. The number of hydrogen-bond acceptors (Lipinski definition) is 2. The average Bonchev–Trinajstić information content (AvgIpc) is 2.25. The van der Waals surface area contributed by atoms with Crippen molar-refractivity contribution in [1.82, 2.24) is 0 Å². The van der Waals surface area contributed by atoms with Gasteiger partial charge < -0.3 is 10.5 Å². The maximum absolute atomic E-state index is 13.0. The number of benzene rings is 1. The molecule has 0 aliphatic carbocycles. The van der Waals surface area contributed by atoms with Crippen molar-refractivity contribution in [1.29, 1.82) is 0 Å². The van der Waals surface area contributed by atoms with Crippen LogP contribution in [-0.2, 0) is 12.6 Å². The predicted octanol–water partition coefficient (Wildman–Crippen LogP) is 3.63. The fourth-order valence-electron chi connectivity index (χ4n) is 1.68.